The monoisotopic (exact) mass is 448 g/mol. The molecule has 1 aliphatic carbocycles. The number of nitrogens with one attached hydrogen (secondary N) is 1. The first-order valence-electron chi connectivity index (χ1n) is 10.3. The van der Waals surface area contributed by atoms with Crippen LogP contribution in [0.25, 0.3) is 0 Å². The molecule has 1 aromatic carbocycles. The van der Waals surface area contributed by atoms with Crippen LogP contribution in [0.2, 0.25) is 0 Å². The summed E-state index contributed by atoms with van der Waals surface area (Å²) < 4.78 is 0. The highest BCUT2D eigenvalue weighted by atomic mass is 32.1. The van der Waals surface area contributed by atoms with Crippen LogP contribution >= 0.6 is 12.6 Å². The molecule has 9 nitrogen and oxygen atoms in total. The Hall–Kier alpha value is -3.58. The second kappa shape index (κ2) is 7.24. The summed E-state index contributed by atoms with van der Waals surface area (Å²) in [7, 11) is 0. The number of rotatable bonds is 3. The van der Waals surface area contributed by atoms with Crippen molar-refractivity contribution in [2.45, 2.75) is 24.4 Å². The summed E-state index contributed by atoms with van der Waals surface area (Å²) in [5.41, 5.74) is 0.00790. The average Bonchev–Trinajstić information content (AvgIpc) is 3.33. The summed E-state index contributed by atoms with van der Waals surface area (Å²) in [6.45, 7) is 3.05. The van der Waals surface area contributed by atoms with Gasteiger partial charge in [-0.3, -0.25) is 19.4 Å². The second-order valence-corrected chi connectivity index (χ2v) is 8.56. The number of pyridine rings is 1. The molecular formula is C22H20N6O3S. The molecule has 1 aromatic heterocycles. The minimum atomic E-state index is -1.34. The predicted octanol–water partition coefficient (Wildman–Crippen LogP) is 1.90. The summed E-state index contributed by atoms with van der Waals surface area (Å²) in [6, 6.07) is 12.2. The first kappa shape index (κ1) is 20.3. The van der Waals surface area contributed by atoms with E-state index in [2.05, 4.69) is 10.3 Å². The lowest BCUT2D eigenvalue weighted by atomic mass is 9.65. The van der Waals surface area contributed by atoms with E-state index in [0.29, 0.717) is 30.9 Å². The van der Waals surface area contributed by atoms with E-state index in [1.165, 1.54) is 17.2 Å². The van der Waals surface area contributed by atoms with Crippen molar-refractivity contribution in [2.24, 2.45) is 5.92 Å². The van der Waals surface area contributed by atoms with E-state index in [9.17, 15) is 14.4 Å². The molecule has 2 aliphatic heterocycles. The normalized spacial score (nSPS) is 27.0. The smallest absolute Gasteiger partial charge is 0.321 e. The van der Waals surface area contributed by atoms with Gasteiger partial charge in [-0.05, 0) is 36.4 Å². The zero-order valence-corrected chi connectivity index (χ0v) is 18.1. The van der Waals surface area contributed by atoms with E-state index in [4.69, 9.17) is 17.9 Å². The summed E-state index contributed by atoms with van der Waals surface area (Å²) in [4.78, 5) is 47.5. The molecular weight excluding hydrogens is 428 g/mol. The molecule has 3 atom stereocenters. The minimum Gasteiger partial charge on any atom is -0.336 e. The molecule has 3 unspecified atom stereocenters. The fourth-order valence-electron chi connectivity index (χ4n) is 4.81. The Morgan fingerprint density at radius 2 is 1.81 bits per heavy atom. The highest BCUT2D eigenvalue weighted by Crippen LogP contribution is 2.51. The Morgan fingerprint density at radius 1 is 1.12 bits per heavy atom. The zero-order valence-electron chi connectivity index (χ0n) is 17.2. The quantitative estimate of drug-likeness (QED) is 0.548. The Kier molecular flexibility index (Phi) is 4.60. The molecule has 2 aromatic rings. The SMILES string of the molecule is CC1CC(=O)C12C(=O)N(c1ccc(C#N)nc1)C(S)N2c1ccc(N2CCNC2=O)cc1. The van der Waals surface area contributed by atoms with Crippen LogP contribution < -0.4 is 20.0 Å². The molecule has 32 heavy (non-hydrogen) atoms. The van der Waals surface area contributed by atoms with Gasteiger partial charge < -0.3 is 10.2 Å². The van der Waals surface area contributed by atoms with Crippen molar-refractivity contribution >= 4 is 47.4 Å². The number of thiol groups is 1. The van der Waals surface area contributed by atoms with E-state index in [1.54, 1.807) is 40.1 Å². The van der Waals surface area contributed by atoms with Gasteiger partial charge in [0, 0.05) is 36.8 Å². The van der Waals surface area contributed by atoms with Crippen LogP contribution in [0, 0.1) is 17.2 Å². The van der Waals surface area contributed by atoms with Crippen molar-refractivity contribution in [1.29, 1.82) is 5.26 Å². The molecule has 3 aliphatic rings. The van der Waals surface area contributed by atoms with Gasteiger partial charge in [-0.15, -0.1) is 12.6 Å². The molecule has 1 spiro atoms. The number of carbonyl (C=O) groups is 3. The number of aromatic nitrogens is 1. The number of hydrogen-bond acceptors (Lipinski definition) is 7. The molecule has 162 valence electrons. The number of nitriles is 1. The highest BCUT2D eigenvalue weighted by molar-refractivity contribution is 7.81. The van der Waals surface area contributed by atoms with Crippen molar-refractivity contribution in [1.82, 2.24) is 10.3 Å². The number of hydrogen-bond donors (Lipinski definition) is 2. The number of nitrogens with zero attached hydrogens (tertiary/aromatic N) is 5. The largest absolute Gasteiger partial charge is 0.336 e. The van der Waals surface area contributed by atoms with Gasteiger partial charge in [0.15, 0.2) is 16.8 Å². The van der Waals surface area contributed by atoms with Gasteiger partial charge in [0.2, 0.25) is 0 Å². The highest BCUT2D eigenvalue weighted by Gasteiger charge is 2.69. The van der Waals surface area contributed by atoms with E-state index >= 15 is 0 Å². The van der Waals surface area contributed by atoms with Crippen molar-refractivity contribution in [3.05, 3.63) is 48.3 Å². The number of anilines is 3. The number of ketones is 1. The first-order chi connectivity index (χ1) is 15.4. The average molecular weight is 449 g/mol. The number of carbonyl (C=O) groups excluding carboxylic acids is 3. The molecule has 3 amide bonds. The van der Waals surface area contributed by atoms with Crippen LogP contribution in [-0.4, -0.2) is 46.8 Å². The number of Topliss-reactive ketones (excluding diaryl/α,β-unsaturated/α-hetero) is 1. The van der Waals surface area contributed by atoms with Crippen molar-refractivity contribution < 1.29 is 14.4 Å². The number of urea groups is 1. The lowest BCUT2D eigenvalue weighted by Gasteiger charge is -2.47. The van der Waals surface area contributed by atoms with Crippen LogP contribution in [-0.2, 0) is 9.59 Å². The van der Waals surface area contributed by atoms with E-state index < -0.39 is 11.0 Å². The second-order valence-electron chi connectivity index (χ2n) is 8.10. The molecule has 5 rings (SSSR count). The van der Waals surface area contributed by atoms with E-state index in [0.717, 1.165) is 5.69 Å². The van der Waals surface area contributed by atoms with Crippen LogP contribution in [0.4, 0.5) is 21.9 Å². The molecule has 1 saturated carbocycles. The van der Waals surface area contributed by atoms with Gasteiger partial charge in [-0.1, -0.05) is 6.92 Å². The Morgan fingerprint density at radius 3 is 2.34 bits per heavy atom. The first-order valence-corrected chi connectivity index (χ1v) is 10.8. The van der Waals surface area contributed by atoms with Crippen molar-refractivity contribution in [2.75, 3.05) is 27.8 Å². The third-order valence-corrected chi connectivity index (χ3v) is 6.92. The molecule has 0 radical (unpaired) electrons. The van der Waals surface area contributed by atoms with Gasteiger partial charge in [0.05, 0.1) is 11.9 Å². The zero-order chi connectivity index (χ0) is 22.6. The fourth-order valence-corrected chi connectivity index (χ4v) is 5.36. The van der Waals surface area contributed by atoms with Crippen LogP contribution in [0.5, 0.6) is 0 Å². The van der Waals surface area contributed by atoms with Gasteiger partial charge >= 0.3 is 6.03 Å². The third-order valence-electron chi connectivity index (χ3n) is 6.45. The lowest BCUT2D eigenvalue weighted by Crippen LogP contribution is -2.68. The number of amides is 3. The fraction of sp³-hybridized carbons (Fsp3) is 0.318. The van der Waals surface area contributed by atoms with Crippen LogP contribution in [0.3, 0.4) is 0 Å². The van der Waals surface area contributed by atoms with Crippen LogP contribution in [0.1, 0.15) is 19.0 Å². The maximum Gasteiger partial charge on any atom is 0.321 e. The van der Waals surface area contributed by atoms with Crippen LogP contribution in [0.15, 0.2) is 42.6 Å². The molecule has 3 fully saturated rings. The Balaban J connectivity index is 1.55. The van der Waals surface area contributed by atoms with Gasteiger partial charge in [0.25, 0.3) is 5.91 Å². The maximum atomic E-state index is 13.7. The molecule has 1 N–H and O–H groups in total. The molecule has 0 bridgehead atoms. The summed E-state index contributed by atoms with van der Waals surface area (Å²) in [5.74, 6) is -0.700. The van der Waals surface area contributed by atoms with E-state index in [1.807, 2.05) is 13.0 Å². The Bertz CT molecular complexity index is 1160. The van der Waals surface area contributed by atoms with Crippen molar-refractivity contribution in [3.8, 4) is 6.07 Å². The molecule has 10 heteroatoms. The number of benzene rings is 1. The topological polar surface area (TPSA) is 110 Å². The van der Waals surface area contributed by atoms with Gasteiger partial charge in [-0.25, -0.2) is 9.78 Å². The maximum absolute atomic E-state index is 13.7. The van der Waals surface area contributed by atoms with Crippen molar-refractivity contribution in [3.63, 3.8) is 0 Å². The third kappa shape index (κ3) is 2.64. The minimum absolute atomic E-state index is 0.152. The molecule has 2 saturated heterocycles. The lowest BCUT2D eigenvalue weighted by molar-refractivity contribution is -0.143. The summed E-state index contributed by atoms with van der Waals surface area (Å²) >= 11 is 4.73. The summed E-state index contributed by atoms with van der Waals surface area (Å²) in [5, 5.41) is 11.8. The van der Waals surface area contributed by atoms with Gasteiger partial charge in [-0.2, -0.15) is 5.26 Å². The standard InChI is InChI=1S/C22H20N6O3S/c1-13-10-18(29)22(13)19(30)27(17-3-2-14(11-23)25-12-17)21(32)28(22)16-6-4-15(5-7-16)26-9-8-24-20(26)31/h2-7,12-13,21,32H,8-10H2,1H3,(H,24,31). The predicted molar refractivity (Wildman–Crippen MR) is 120 cm³/mol. The Labute approximate surface area is 190 Å². The summed E-state index contributed by atoms with van der Waals surface area (Å²) in [6.07, 6.45) is 1.76. The molecule has 3 heterocycles. The van der Waals surface area contributed by atoms with E-state index in [-0.39, 0.29) is 29.3 Å². The van der Waals surface area contributed by atoms with Gasteiger partial charge in [0.1, 0.15) is 11.8 Å².